The predicted octanol–water partition coefficient (Wildman–Crippen LogP) is 3.00. The Bertz CT molecular complexity index is 1220. The molecule has 0 radical (unpaired) electrons. The van der Waals surface area contributed by atoms with Crippen molar-refractivity contribution in [1.29, 1.82) is 0 Å². The van der Waals surface area contributed by atoms with Gasteiger partial charge in [0.2, 0.25) is 5.78 Å². The smallest absolute Gasteiger partial charge is 0.251 e. The van der Waals surface area contributed by atoms with E-state index in [0.717, 1.165) is 0 Å². The van der Waals surface area contributed by atoms with Crippen molar-refractivity contribution in [2.24, 2.45) is 5.11 Å². The minimum atomic E-state index is -0.319. The highest BCUT2D eigenvalue weighted by atomic mass is 16.5. The van der Waals surface area contributed by atoms with Crippen LogP contribution >= 0.6 is 0 Å². The number of ether oxygens (including phenoxy) is 1. The number of fused-ring (bicyclic) bond motifs is 4. The predicted molar refractivity (Wildman–Crippen MR) is 109 cm³/mol. The Morgan fingerprint density at radius 2 is 1.87 bits per heavy atom. The molecule has 4 rings (SSSR count). The molecule has 1 aromatic heterocycles. The molecular formula is C21H17N5O4. The molecule has 1 aliphatic rings. The minimum absolute atomic E-state index is 0.232. The third kappa shape index (κ3) is 3.43. The van der Waals surface area contributed by atoms with E-state index in [-0.39, 0.29) is 49.5 Å². The topological polar surface area (TPSA) is 137 Å². The molecule has 0 saturated carbocycles. The fourth-order valence-electron chi connectivity index (χ4n) is 3.48. The Morgan fingerprint density at radius 1 is 1.10 bits per heavy atom. The van der Waals surface area contributed by atoms with Gasteiger partial charge in [-0.05, 0) is 23.7 Å². The molecule has 9 heteroatoms. The van der Waals surface area contributed by atoms with E-state index in [1.807, 2.05) is 0 Å². The Kier molecular flexibility index (Phi) is 5.30. The van der Waals surface area contributed by atoms with Gasteiger partial charge in [0.15, 0.2) is 5.78 Å². The second-order valence-electron chi connectivity index (χ2n) is 6.66. The first-order chi connectivity index (χ1) is 14.6. The summed E-state index contributed by atoms with van der Waals surface area (Å²) in [5.41, 5.74) is 10.5. The van der Waals surface area contributed by atoms with Crippen LogP contribution in [0.4, 0.5) is 0 Å². The molecule has 1 aliphatic carbocycles. The lowest BCUT2D eigenvalue weighted by molar-refractivity contribution is 0.0919. The molecular weight excluding hydrogens is 386 g/mol. The second kappa shape index (κ2) is 8.20. The lowest BCUT2D eigenvalue weighted by Gasteiger charge is -2.14. The molecule has 1 amide bonds. The standard InChI is InChI=1S/C21H17N5O4/c22-26-24-8-10-30-9-7-23-21(29)12-5-6-16-15(11-12)17-18(25-16)20(28)14-4-2-1-3-13(14)19(17)27/h1-6,11,25H,7-10H2,(H,23,29). The highest BCUT2D eigenvalue weighted by molar-refractivity contribution is 6.32. The van der Waals surface area contributed by atoms with Crippen molar-refractivity contribution in [3.8, 4) is 0 Å². The number of benzene rings is 2. The van der Waals surface area contributed by atoms with Crippen molar-refractivity contribution < 1.29 is 19.1 Å². The number of H-pyrrole nitrogens is 1. The monoisotopic (exact) mass is 403 g/mol. The second-order valence-corrected chi connectivity index (χ2v) is 6.66. The maximum Gasteiger partial charge on any atom is 0.251 e. The molecule has 0 atom stereocenters. The fraction of sp³-hybridized carbons (Fsp3) is 0.190. The minimum Gasteiger partial charge on any atom is -0.379 e. The van der Waals surface area contributed by atoms with Crippen molar-refractivity contribution in [2.45, 2.75) is 0 Å². The van der Waals surface area contributed by atoms with Crippen molar-refractivity contribution >= 4 is 28.4 Å². The number of azide groups is 1. The van der Waals surface area contributed by atoms with Crippen LogP contribution < -0.4 is 5.32 Å². The van der Waals surface area contributed by atoms with E-state index in [1.165, 1.54) is 0 Å². The van der Waals surface area contributed by atoms with Crippen LogP contribution in [0.15, 0.2) is 47.6 Å². The van der Waals surface area contributed by atoms with E-state index in [0.29, 0.717) is 33.2 Å². The maximum absolute atomic E-state index is 13.0. The van der Waals surface area contributed by atoms with Crippen molar-refractivity contribution in [3.05, 3.63) is 80.9 Å². The van der Waals surface area contributed by atoms with Gasteiger partial charge in [-0.15, -0.1) is 0 Å². The highest BCUT2D eigenvalue weighted by Crippen LogP contribution is 2.33. The van der Waals surface area contributed by atoms with Crippen LogP contribution in [0.2, 0.25) is 0 Å². The van der Waals surface area contributed by atoms with Gasteiger partial charge in [0.25, 0.3) is 5.91 Å². The van der Waals surface area contributed by atoms with Gasteiger partial charge in [-0.1, -0.05) is 29.4 Å². The number of nitrogens with one attached hydrogen (secondary N) is 2. The molecule has 0 fully saturated rings. The van der Waals surface area contributed by atoms with Crippen molar-refractivity contribution in [1.82, 2.24) is 10.3 Å². The Hall–Kier alpha value is -3.94. The van der Waals surface area contributed by atoms with Crippen LogP contribution in [0.25, 0.3) is 21.3 Å². The van der Waals surface area contributed by atoms with Gasteiger partial charge in [0, 0.05) is 45.6 Å². The summed E-state index contributed by atoms with van der Waals surface area (Å²) < 4.78 is 5.25. The first-order valence-electron chi connectivity index (χ1n) is 9.32. The van der Waals surface area contributed by atoms with Gasteiger partial charge in [-0.25, -0.2) is 0 Å². The summed E-state index contributed by atoms with van der Waals surface area (Å²) in [5.74, 6) is -0.793. The highest BCUT2D eigenvalue weighted by Gasteiger charge is 2.33. The van der Waals surface area contributed by atoms with E-state index in [2.05, 4.69) is 20.3 Å². The number of aromatic nitrogens is 1. The number of carbonyl (C=O) groups excluding carboxylic acids is 3. The summed E-state index contributed by atoms with van der Waals surface area (Å²) in [6.45, 7) is 1.07. The molecule has 0 saturated heterocycles. The number of aromatic amines is 1. The number of ketones is 2. The van der Waals surface area contributed by atoms with Gasteiger partial charge >= 0.3 is 0 Å². The Balaban J connectivity index is 1.54. The van der Waals surface area contributed by atoms with E-state index in [4.69, 9.17) is 10.3 Å². The molecule has 150 valence electrons. The lowest BCUT2D eigenvalue weighted by atomic mass is 9.87. The lowest BCUT2D eigenvalue weighted by Crippen LogP contribution is -2.27. The van der Waals surface area contributed by atoms with Gasteiger partial charge in [0.1, 0.15) is 0 Å². The molecule has 1 heterocycles. The third-order valence-corrected chi connectivity index (χ3v) is 4.86. The van der Waals surface area contributed by atoms with Gasteiger partial charge < -0.3 is 15.0 Å². The molecule has 0 unspecified atom stereocenters. The number of nitrogens with zero attached hydrogens (tertiary/aromatic N) is 3. The normalized spacial score (nSPS) is 12.3. The average Bonchev–Trinajstić information content (AvgIpc) is 3.16. The largest absolute Gasteiger partial charge is 0.379 e. The number of amides is 1. The first-order valence-corrected chi connectivity index (χ1v) is 9.32. The zero-order valence-corrected chi connectivity index (χ0v) is 15.8. The Morgan fingerprint density at radius 3 is 2.63 bits per heavy atom. The molecule has 2 N–H and O–H groups in total. The van der Waals surface area contributed by atoms with Crippen LogP contribution in [0.1, 0.15) is 42.3 Å². The molecule has 0 bridgehead atoms. The quantitative estimate of drug-likeness (QED) is 0.212. The van der Waals surface area contributed by atoms with Gasteiger partial charge in [-0.2, -0.15) is 0 Å². The van der Waals surface area contributed by atoms with Crippen molar-refractivity contribution in [3.63, 3.8) is 0 Å². The third-order valence-electron chi connectivity index (χ3n) is 4.86. The zero-order valence-electron chi connectivity index (χ0n) is 15.8. The number of carbonyl (C=O) groups is 3. The molecule has 0 spiro atoms. The van der Waals surface area contributed by atoms with E-state index in [9.17, 15) is 14.4 Å². The fourth-order valence-corrected chi connectivity index (χ4v) is 3.48. The summed E-state index contributed by atoms with van der Waals surface area (Å²) in [5, 5.41) is 6.62. The number of hydrogen-bond donors (Lipinski definition) is 2. The molecule has 2 aromatic carbocycles. The zero-order chi connectivity index (χ0) is 21.1. The molecule has 9 nitrogen and oxygen atoms in total. The number of rotatable bonds is 7. The SMILES string of the molecule is [N-]=[N+]=NCCOCCNC(=O)c1ccc2[nH]c3c(c2c1)C(=O)c1ccccc1C3=O. The van der Waals surface area contributed by atoms with Crippen LogP contribution in [0.5, 0.6) is 0 Å². The van der Waals surface area contributed by atoms with E-state index < -0.39 is 0 Å². The summed E-state index contributed by atoms with van der Waals surface area (Å²) >= 11 is 0. The van der Waals surface area contributed by atoms with Crippen LogP contribution in [0.3, 0.4) is 0 Å². The number of hydrogen-bond acceptors (Lipinski definition) is 5. The summed E-state index contributed by atoms with van der Waals surface area (Å²) in [6, 6.07) is 11.6. The van der Waals surface area contributed by atoms with Crippen LogP contribution in [-0.4, -0.2) is 48.8 Å². The first kappa shape index (κ1) is 19.4. The van der Waals surface area contributed by atoms with Crippen LogP contribution in [-0.2, 0) is 4.74 Å². The molecule has 30 heavy (non-hydrogen) atoms. The molecule has 3 aromatic rings. The van der Waals surface area contributed by atoms with E-state index >= 15 is 0 Å². The van der Waals surface area contributed by atoms with E-state index in [1.54, 1.807) is 42.5 Å². The summed E-state index contributed by atoms with van der Waals surface area (Å²) in [6.07, 6.45) is 0. The van der Waals surface area contributed by atoms with Gasteiger partial charge in [-0.3, -0.25) is 14.4 Å². The maximum atomic E-state index is 13.0. The Labute approximate surface area is 170 Å². The average molecular weight is 403 g/mol. The molecule has 0 aliphatic heterocycles. The van der Waals surface area contributed by atoms with Crippen molar-refractivity contribution in [2.75, 3.05) is 26.3 Å². The summed E-state index contributed by atoms with van der Waals surface area (Å²) in [4.78, 5) is 43.9. The summed E-state index contributed by atoms with van der Waals surface area (Å²) in [7, 11) is 0. The van der Waals surface area contributed by atoms with Gasteiger partial charge in [0.05, 0.1) is 24.5 Å². The van der Waals surface area contributed by atoms with Crippen LogP contribution in [0, 0.1) is 0 Å².